The third kappa shape index (κ3) is 6.75. The van der Waals surface area contributed by atoms with E-state index in [1.807, 2.05) is 30.9 Å². The van der Waals surface area contributed by atoms with Crippen LogP contribution in [-0.4, -0.2) is 90.0 Å². The smallest absolute Gasteiger partial charge is 0.276 e. The zero-order chi connectivity index (χ0) is 22.1. The van der Waals surface area contributed by atoms with E-state index in [9.17, 15) is 4.79 Å². The van der Waals surface area contributed by atoms with E-state index in [0.29, 0.717) is 38.5 Å². The van der Waals surface area contributed by atoms with Gasteiger partial charge in [-0.05, 0) is 38.0 Å². The molecule has 3 rings (SSSR count). The van der Waals surface area contributed by atoms with Gasteiger partial charge in [0.15, 0.2) is 12.0 Å². The molecule has 0 unspecified atom stereocenters. The Labute approximate surface area is 183 Å². The molecule has 0 radical (unpaired) electrons. The Morgan fingerprint density at radius 2 is 1.74 bits per heavy atom. The summed E-state index contributed by atoms with van der Waals surface area (Å²) in [7, 11) is 1.68. The Bertz CT molecular complexity index is 796. The van der Waals surface area contributed by atoms with Crippen molar-refractivity contribution in [3.8, 4) is 5.75 Å². The first-order valence-electron chi connectivity index (χ1n) is 10.9. The zero-order valence-electron chi connectivity index (χ0n) is 18.7. The molecule has 0 N–H and O–H groups in total. The SMILES string of the molecule is CCOC(Cn1cc(C(=O)N2CCN(CCc3ccc(OC)cc3)CC2)nn1)OCC. The fourth-order valence-corrected chi connectivity index (χ4v) is 3.58. The molecule has 1 amide bonds. The van der Waals surface area contributed by atoms with Gasteiger partial charge in [-0.1, -0.05) is 17.3 Å². The van der Waals surface area contributed by atoms with E-state index in [1.54, 1.807) is 18.0 Å². The highest BCUT2D eigenvalue weighted by atomic mass is 16.7. The number of benzene rings is 1. The summed E-state index contributed by atoms with van der Waals surface area (Å²) in [6, 6.07) is 8.18. The molecular weight excluding hydrogens is 398 g/mol. The molecular formula is C22H33N5O4. The third-order valence-corrected chi connectivity index (χ3v) is 5.33. The van der Waals surface area contributed by atoms with E-state index in [-0.39, 0.29) is 5.91 Å². The number of hydrogen-bond acceptors (Lipinski definition) is 7. The molecule has 9 nitrogen and oxygen atoms in total. The minimum absolute atomic E-state index is 0.0783. The highest BCUT2D eigenvalue weighted by Crippen LogP contribution is 2.13. The van der Waals surface area contributed by atoms with Gasteiger partial charge in [-0.3, -0.25) is 9.69 Å². The van der Waals surface area contributed by atoms with E-state index in [2.05, 4.69) is 27.3 Å². The minimum atomic E-state index is -0.395. The Balaban J connectivity index is 1.44. The highest BCUT2D eigenvalue weighted by molar-refractivity contribution is 5.92. The maximum atomic E-state index is 12.8. The third-order valence-electron chi connectivity index (χ3n) is 5.33. The van der Waals surface area contributed by atoms with Gasteiger partial charge in [-0.25, -0.2) is 4.68 Å². The molecule has 9 heteroatoms. The molecule has 0 aliphatic carbocycles. The van der Waals surface area contributed by atoms with E-state index < -0.39 is 6.29 Å². The lowest BCUT2D eigenvalue weighted by molar-refractivity contribution is -0.145. The molecule has 0 bridgehead atoms. The molecule has 0 atom stereocenters. The summed E-state index contributed by atoms with van der Waals surface area (Å²) in [5.74, 6) is 0.796. The van der Waals surface area contributed by atoms with Crippen LogP contribution in [0, 0.1) is 0 Å². The Morgan fingerprint density at radius 1 is 1.06 bits per heavy atom. The summed E-state index contributed by atoms with van der Waals surface area (Å²) in [5, 5.41) is 8.13. The second kappa shape index (κ2) is 11.8. The molecule has 0 saturated carbocycles. The van der Waals surface area contributed by atoms with E-state index in [0.717, 1.165) is 31.8 Å². The summed E-state index contributed by atoms with van der Waals surface area (Å²) in [4.78, 5) is 17.1. The van der Waals surface area contributed by atoms with Crippen LogP contribution in [0.3, 0.4) is 0 Å². The van der Waals surface area contributed by atoms with E-state index in [1.165, 1.54) is 5.56 Å². The van der Waals surface area contributed by atoms with E-state index >= 15 is 0 Å². The van der Waals surface area contributed by atoms with Crippen LogP contribution in [0.1, 0.15) is 29.9 Å². The van der Waals surface area contributed by atoms with Gasteiger partial charge in [-0.2, -0.15) is 0 Å². The average Bonchev–Trinajstić information content (AvgIpc) is 3.27. The first kappa shape index (κ1) is 23.2. The number of carbonyl (C=O) groups excluding carboxylic acids is 1. The zero-order valence-corrected chi connectivity index (χ0v) is 18.7. The molecule has 170 valence electrons. The predicted molar refractivity (Wildman–Crippen MR) is 116 cm³/mol. The van der Waals surface area contributed by atoms with Crippen molar-refractivity contribution < 1.29 is 19.0 Å². The van der Waals surface area contributed by atoms with Gasteiger partial charge in [0, 0.05) is 45.9 Å². The van der Waals surface area contributed by atoms with Crippen LogP contribution in [0.5, 0.6) is 5.75 Å². The summed E-state index contributed by atoms with van der Waals surface area (Å²) in [5.41, 5.74) is 1.65. The van der Waals surface area contributed by atoms with Crippen LogP contribution in [0.25, 0.3) is 0 Å². The van der Waals surface area contributed by atoms with Gasteiger partial charge in [0.05, 0.1) is 19.9 Å². The molecule has 1 aliphatic heterocycles. The molecule has 1 aliphatic rings. The average molecular weight is 432 g/mol. The van der Waals surface area contributed by atoms with Gasteiger partial charge in [-0.15, -0.1) is 5.10 Å². The van der Waals surface area contributed by atoms with Crippen LogP contribution in [0.15, 0.2) is 30.5 Å². The van der Waals surface area contributed by atoms with Crippen LogP contribution in [0.4, 0.5) is 0 Å². The topological polar surface area (TPSA) is 82.0 Å². The second-order valence-electron chi connectivity index (χ2n) is 7.40. The number of carbonyl (C=O) groups is 1. The minimum Gasteiger partial charge on any atom is -0.497 e. The lowest BCUT2D eigenvalue weighted by Crippen LogP contribution is -2.49. The quantitative estimate of drug-likeness (QED) is 0.501. The lowest BCUT2D eigenvalue weighted by atomic mass is 10.1. The Kier molecular flexibility index (Phi) is 8.81. The number of piperazine rings is 1. The molecule has 2 heterocycles. The van der Waals surface area contributed by atoms with Crippen molar-refractivity contribution in [2.24, 2.45) is 0 Å². The number of aromatic nitrogens is 3. The number of methoxy groups -OCH3 is 1. The molecule has 1 aromatic carbocycles. The van der Waals surface area contributed by atoms with Crippen LogP contribution >= 0.6 is 0 Å². The van der Waals surface area contributed by atoms with Crippen molar-refractivity contribution in [1.82, 2.24) is 24.8 Å². The molecule has 1 saturated heterocycles. The van der Waals surface area contributed by atoms with Crippen molar-refractivity contribution in [2.45, 2.75) is 33.1 Å². The van der Waals surface area contributed by atoms with Crippen LogP contribution in [0.2, 0.25) is 0 Å². The molecule has 31 heavy (non-hydrogen) atoms. The van der Waals surface area contributed by atoms with Gasteiger partial charge in [0.1, 0.15) is 5.75 Å². The summed E-state index contributed by atoms with van der Waals surface area (Å²) in [6.07, 6.45) is 2.25. The lowest BCUT2D eigenvalue weighted by Gasteiger charge is -2.34. The van der Waals surface area contributed by atoms with Crippen molar-refractivity contribution in [2.75, 3.05) is 53.0 Å². The molecule has 0 spiro atoms. The number of nitrogens with zero attached hydrogens (tertiary/aromatic N) is 5. The van der Waals surface area contributed by atoms with Gasteiger partial charge >= 0.3 is 0 Å². The standard InChI is InChI=1S/C22H33N5O4/c1-4-30-21(31-5-2)17-27-16-20(23-24-27)22(28)26-14-12-25(13-15-26)11-10-18-6-8-19(29-3)9-7-18/h6-9,16,21H,4-5,10-15,17H2,1-3H3. The fourth-order valence-electron chi connectivity index (χ4n) is 3.58. The van der Waals surface area contributed by atoms with Crippen molar-refractivity contribution in [3.05, 3.63) is 41.7 Å². The van der Waals surface area contributed by atoms with Crippen molar-refractivity contribution in [3.63, 3.8) is 0 Å². The Morgan fingerprint density at radius 3 is 2.35 bits per heavy atom. The van der Waals surface area contributed by atoms with Crippen LogP contribution in [-0.2, 0) is 22.4 Å². The maximum absolute atomic E-state index is 12.8. The monoisotopic (exact) mass is 431 g/mol. The molecule has 1 fully saturated rings. The fraction of sp³-hybridized carbons (Fsp3) is 0.591. The van der Waals surface area contributed by atoms with Crippen molar-refractivity contribution >= 4 is 5.91 Å². The summed E-state index contributed by atoms with van der Waals surface area (Å²) in [6.45, 7) is 9.39. The largest absolute Gasteiger partial charge is 0.497 e. The normalized spacial score (nSPS) is 14.9. The molecule has 1 aromatic heterocycles. The second-order valence-corrected chi connectivity index (χ2v) is 7.40. The van der Waals surface area contributed by atoms with E-state index in [4.69, 9.17) is 14.2 Å². The molecule has 2 aromatic rings. The summed E-state index contributed by atoms with van der Waals surface area (Å²) < 4.78 is 17.9. The summed E-state index contributed by atoms with van der Waals surface area (Å²) >= 11 is 0. The number of ether oxygens (including phenoxy) is 3. The highest BCUT2D eigenvalue weighted by Gasteiger charge is 2.24. The van der Waals surface area contributed by atoms with Gasteiger partial charge in [0.25, 0.3) is 5.91 Å². The van der Waals surface area contributed by atoms with Crippen LogP contribution < -0.4 is 4.74 Å². The number of hydrogen-bond donors (Lipinski definition) is 0. The number of rotatable bonds is 11. The van der Waals surface area contributed by atoms with Gasteiger partial charge in [0.2, 0.25) is 0 Å². The Hall–Kier alpha value is -2.49. The predicted octanol–water partition coefficient (Wildman–Crippen LogP) is 1.69. The van der Waals surface area contributed by atoms with Gasteiger partial charge < -0.3 is 19.1 Å². The van der Waals surface area contributed by atoms with Crippen molar-refractivity contribution in [1.29, 1.82) is 0 Å². The first-order valence-corrected chi connectivity index (χ1v) is 10.9. The first-order chi connectivity index (χ1) is 15.1. The maximum Gasteiger partial charge on any atom is 0.276 e. The number of amides is 1.